The SMILES string of the molecule is CCCCCCCCCCCCC(=O)OC[C@H](COP(=O)(O)OC[C@H](O)COP(=O)(O)OC[C@@H](COC(=O)CCCCCCCCCCCCCC(C)C)OC(=O)CCCCCCCCCCCCCCCCC(C)CC)OC(=O)CCCCCCCCCCCC. The second-order valence-corrected chi connectivity index (χ2v) is 30.0. The Hall–Kier alpha value is -1.94. The van der Waals surface area contributed by atoms with Gasteiger partial charge in [0, 0.05) is 25.7 Å². The van der Waals surface area contributed by atoms with Gasteiger partial charge in [-0.15, -0.1) is 0 Å². The molecule has 0 amide bonds. The van der Waals surface area contributed by atoms with Crippen molar-refractivity contribution in [1.82, 2.24) is 0 Å². The van der Waals surface area contributed by atoms with Crippen molar-refractivity contribution in [1.29, 1.82) is 0 Å². The third-order valence-corrected chi connectivity index (χ3v) is 19.2. The maximum Gasteiger partial charge on any atom is 0.472 e. The first-order chi connectivity index (χ1) is 44.4. The van der Waals surface area contributed by atoms with Gasteiger partial charge in [-0.25, -0.2) is 9.13 Å². The van der Waals surface area contributed by atoms with Crippen LogP contribution in [0.5, 0.6) is 0 Å². The monoisotopic (exact) mass is 1350 g/mol. The molecule has 17 nitrogen and oxygen atoms in total. The number of carbonyl (C=O) groups excluding carboxylic acids is 4. The molecule has 3 unspecified atom stereocenters. The zero-order chi connectivity index (χ0) is 67.9. The van der Waals surface area contributed by atoms with Crippen LogP contribution in [-0.4, -0.2) is 96.7 Å². The molecule has 92 heavy (non-hydrogen) atoms. The molecule has 6 atom stereocenters. The fourth-order valence-corrected chi connectivity index (χ4v) is 12.7. The first-order valence-corrected chi connectivity index (χ1v) is 41.0. The lowest BCUT2D eigenvalue weighted by Gasteiger charge is -2.21. The Morgan fingerprint density at radius 1 is 0.315 bits per heavy atom. The molecule has 0 aliphatic carbocycles. The van der Waals surface area contributed by atoms with Crippen LogP contribution >= 0.6 is 15.6 Å². The summed E-state index contributed by atoms with van der Waals surface area (Å²) in [7, 11) is -9.90. The maximum atomic E-state index is 13.1. The second kappa shape index (κ2) is 65.0. The minimum absolute atomic E-state index is 0.107. The fourth-order valence-electron chi connectivity index (χ4n) is 11.1. The van der Waals surface area contributed by atoms with Crippen LogP contribution in [0.3, 0.4) is 0 Å². The van der Waals surface area contributed by atoms with E-state index in [2.05, 4.69) is 41.5 Å². The van der Waals surface area contributed by atoms with Gasteiger partial charge in [-0.2, -0.15) is 0 Å². The van der Waals surface area contributed by atoms with Crippen LogP contribution in [0.2, 0.25) is 0 Å². The van der Waals surface area contributed by atoms with E-state index < -0.39 is 97.5 Å². The molecule has 0 fully saturated rings. The summed E-state index contributed by atoms with van der Waals surface area (Å²) in [4.78, 5) is 72.6. The van der Waals surface area contributed by atoms with Crippen molar-refractivity contribution in [3.8, 4) is 0 Å². The molecule has 0 rings (SSSR count). The van der Waals surface area contributed by atoms with Gasteiger partial charge >= 0.3 is 39.5 Å². The number of hydrogen-bond donors (Lipinski definition) is 3. The Bertz CT molecular complexity index is 1790. The van der Waals surface area contributed by atoms with E-state index >= 15 is 0 Å². The third kappa shape index (κ3) is 65.4. The Kier molecular flexibility index (Phi) is 63.7. The highest BCUT2D eigenvalue weighted by atomic mass is 31.2. The van der Waals surface area contributed by atoms with Crippen molar-refractivity contribution in [2.75, 3.05) is 39.6 Å². The summed E-state index contributed by atoms with van der Waals surface area (Å²) in [6, 6.07) is 0. The normalized spacial score (nSPS) is 14.4. The second-order valence-electron chi connectivity index (χ2n) is 27.1. The predicted molar refractivity (Wildman–Crippen MR) is 372 cm³/mol. The minimum atomic E-state index is -4.95. The largest absolute Gasteiger partial charge is 0.472 e. The van der Waals surface area contributed by atoms with Crippen molar-refractivity contribution in [2.45, 2.75) is 394 Å². The highest BCUT2D eigenvalue weighted by Crippen LogP contribution is 2.45. The van der Waals surface area contributed by atoms with Crippen molar-refractivity contribution in [2.24, 2.45) is 11.8 Å². The number of unbranched alkanes of at least 4 members (excludes halogenated alkanes) is 41. The van der Waals surface area contributed by atoms with Crippen LogP contribution in [0.15, 0.2) is 0 Å². The standard InChI is InChI=1S/C73H142O17P2/c1-7-10-12-14-16-18-31-37-43-49-55-70(75)83-61-68(89-72(77)57-51-45-39-32-19-17-15-13-11-8-2)63-87-91(79,80)85-59-67(74)60-86-92(81,82)88-64-69(62-84-71(76)56-50-44-38-33-28-24-25-29-35-41-47-53-65(4)5)90-73(78)58-52-46-40-34-27-23-21-20-22-26-30-36-42-48-54-66(6)9-3/h65-69,74H,7-64H2,1-6H3,(H,79,80)(H,81,82)/t66?,67-,68+,69+/m0/s1. The lowest BCUT2D eigenvalue weighted by molar-refractivity contribution is -0.161. The van der Waals surface area contributed by atoms with Gasteiger partial charge in [0.1, 0.15) is 19.3 Å². The summed E-state index contributed by atoms with van der Waals surface area (Å²) >= 11 is 0. The lowest BCUT2D eigenvalue weighted by atomic mass is 9.99. The molecule has 0 saturated carbocycles. The summed E-state index contributed by atoms with van der Waals surface area (Å²) in [5.74, 6) is -0.503. The van der Waals surface area contributed by atoms with E-state index in [0.29, 0.717) is 25.7 Å². The molecule has 3 N–H and O–H groups in total. The first-order valence-electron chi connectivity index (χ1n) is 38.0. The molecule has 0 bridgehead atoms. The summed E-state index contributed by atoms with van der Waals surface area (Å²) in [5, 5.41) is 10.6. The number of ether oxygens (including phenoxy) is 4. The first kappa shape index (κ1) is 90.1. The molecule has 546 valence electrons. The van der Waals surface area contributed by atoms with Crippen molar-refractivity contribution in [3.63, 3.8) is 0 Å². The fraction of sp³-hybridized carbons (Fsp3) is 0.945. The molecular weight excluding hydrogens is 1210 g/mol. The number of rotatable bonds is 72. The molecule has 0 aliphatic rings. The van der Waals surface area contributed by atoms with Crippen LogP contribution in [0.1, 0.15) is 375 Å². The molecule has 0 heterocycles. The van der Waals surface area contributed by atoms with E-state index in [-0.39, 0.29) is 25.7 Å². The summed E-state index contributed by atoms with van der Waals surface area (Å²) < 4.78 is 68.4. The molecule has 0 aliphatic heterocycles. The smallest absolute Gasteiger partial charge is 0.462 e. The van der Waals surface area contributed by atoms with Crippen LogP contribution in [0.25, 0.3) is 0 Å². The lowest BCUT2D eigenvalue weighted by Crippen LogP contribution is -2.30. The summed E-state index contributed by atoms with van der Waals surface area (Å²) in [6.45, 7) is 9.62. The van der Waals surface area contributed by atoms with E-state index in [1.54, 1.807) is 0 Å². The number of hydrogen-bond acceptors (Lipinski definition) is 15. The van der Waals surface area contributed by atoms with Crippen molar-refractivity contribution >= 4 is 39.5 Å². The third-order valence-electron chi connectivity index (χ3n) is 17.3. The number of esters is 4. The zero-order valence-electron chi connectivity index (χ0n) is 59.9. The van der Waals surface area contributed by atoms with E-state index in [4.69, 9.17) is 37.0 Å². The zero-order valence-corrected chi connectivity index (χ0v) is 61.6. The summed E-state index contributed by atoms with van der Waals surface area (Å²) in [5.41, 5.74) is 0. The number of aliphatic hydroxyl groups is 1. The van der Waals surface area contributed by atoms with Crippen LogP contribution in [0.4, 0.5) is 0 Å². The van der Waals surface area contributed by atoms with Gasteiger partial charge in [-0.1, -0.05) is 324 Å². The van der Waals surface area contributed by atoms with Crippen molar-refractivity contribution in [3.05, 3.63) is 0 Å². The molecule has 0 aromatic carbocycles. The van der Waals surface area contributed by atoms with Gasteiger partial charge < -0.3 is 33.8 Å². The molecule has 19 heteroatoms. The van der Waals surface area contributed by atoms with Crippen LogP contribution < -0.4 is 0 Å². The Balaban J connectivity index is 5.23. The molecule has 0 aromatic rings. The number of aliphatic hydroxyl groups excluding tert-OH is 1. The quantitative estimate of drug-likeness (QED) is 0.0222. The van der Waals surface area contributed by atoms with Crippen molar-refractivity contribution < 1.29 is 80.2 Å². The predicted octanol–water partition coefficient (Wildman–Crippen LogP) is 21.2. The van der Waals surface area contributed by atoms with E-state index in [1.165, 1.54) is 193 Å². The maximum absolute atomic E-state index is 13.1. The topological polar surface area (TPSA) is 237 Å². The minimum Gasteiger partial charge on any atom is -0.462 e. The Labute approximate surface area is 562 Å². The van der Waals surface area contributed by atoms with Crippen LogP contribution in [0, 0.1) is 11.8 Å². The van der Waals surface area contributed by atoms with Gasteiger partial charge in [0.05, 0.1) is 26.4 Å². The number of phosphoric acid groups is 2. The highest BCUT2D eigenvalue weighted by molar-refractivity contribution is 7.47. The molecule has 0 aromatic heterocycles. The molecule has 0 saturated heterocycles. The van der Waals surface area contributed by atoms with E-state index in [0.717, 1.165) is 102 Å². The molecule has 0 radical (unpaired) electrons. The number of carbonyl (C=O) groups is 4. The van der Waals surface area contributed by atoms with Gasteiger partial charge in [0.15, 0.2) is 12.2 Å². The van der Waals surface area contributed by atoms with Crippen LogP contribution in [-0.2, 0) is 65.4 Å². The van der Waals surface area contributed by atoms with E-state index in [1.807, 2.05) is 0 Å². The summed E-state index contributed by atoms with van der Waals surface area (Å²) in [6.07, 6.45) is 51.2. The average molecular weight is 1350 g/mol. The van der Waals surface area contributed by atoms with Gasteiger partial charge in [0.25, 0.3) is 0 Å². The van der Waals surface area contributed by atoms with Gasteiger partial charge in [-0.3, -0.25) is 37.3 Å². The Morgan fingerprint density at radius 2 is 0.554 bits per heavy atom. The molecule has 0 spiro atoms. The Morgan fingerprint density at radius 3 is 0.826 bits per heavy atom. The van der Waals surface area contributed by atoms with Gasteiger partial charge in [0.2, 0.25) is 0 Å². The molecular formula is C73H142O17P2. The average Bonchev–Trinajstić information content (AvgIpc) is 1.48. The highest BCUT2D eigenvalue weighted by Gasteiger charge is 2.30. The number of phosphoric ester groups is 2. The van der Waals surface area contributed by atoms with Gasteiger partial charge in [-0.05, 0) is 37.5 Å². The van der Waals surface area contributed by atoms with E-state index in [9.17, 15) is 43.2 Å².